The van der Waals surface area contributed by atoms with E-state index in [1.165, 1.54) is 42.7 Å². The molecule has 3 N–H and O–H groups in total. The lowest BCUT2D eigenvalue weighted by Crippen LogP contribution is -2.37. The van der Waals surface area contributed by atoms with Crippen LogP contribution in [0.4, 0.5) is 20.2 Å². The van der Waals surface area contributed by atoms with Crippen LogP contribution in [0.2, 0.25) is 0 Å². The number of aryl methyl sites for hydroxylation is 1. The number of amides is 1. The standard InChI is InChI=1S/C24H27F2N5OS/c1-12(8-29-23(32)22-20(27)21-24(33-22)30-13(2)9-28-21)16-6-18(26)19(7-17(16)25)31-10-14-3-4-15(5-14)11-31/h6-7,9,12,14-15H,3-5,8,10-11,27H2,1-2H3,(H,29,32)/t12-,14?,15?/m0/s1. The molecule has 174 valence electrons. The Kier molecular flexibility index (Phi) is 5.68. The van der Waals surface area contributed by atoms with Crippen molar-refractivity contribution in [3.8, 4) is 0 Å². The summed E-state index contributed by atoms with van der Waals surface area (Å²) in [5.74, 6) is -0.484. The van der Waals surface area contributed by atoms with E-state index >= 15 is 0 Å². The Bertz CT molecular complexity index is 1220. The molecule has 2 aromatic heterocycles. The molecule has 1 aliphatic carbocycles. The minimum Gasteiger partial charge on any atom is -0.396 e. The van der Waals surface area contributed by atoms with Gasteiger partial charge in [-0.1, -0.05) is 6.92 Å². The summed E-state index contributed by atoms with van der Waals surface area (Å²) in [6, 6.07) is 2.60. The number of hydrogen-bond donors (Lipinski definition) is 2. The van der Waals surface area contributed by atoms with Crippen molar-refractivity contribution in [1.29, 1.82) is 0 Å². The summed E-state index contributed by atoms with van der Waals surface area (Å²) < 4.78 is 30.0. The topological polar surface area (TPSA) is 84.1 Å². The monoisotopic (exact) mass is 471 g/mol. The van der Waals surface area contributed by atoms with Crippen molar-refractivity contribution in [3.63, 3.8) is 0 Å². The van der Waals surface area contributed by atoms with E-state index in [0.717, 1.165) is 18.8 Å². The minimum atomic E-state index is -0.448. The molecule has 2 aliphatic rings. The van der Waals surface area contributed by atoms with Gasteiger partial charge in [0, 0.05) is 37.8 Å². The number of benzene rings is 1. The molecule has 1 aromatic carbocycles. The molecule has 3 aromatic rings. The van der Waals surface area contributed by atoms with E-state index in [4.69, 9.17) is 5.73 Å². The maximum atomic E-state index is 15.0. The van der Waals surface area contributed by atoms with Crippen LogP contribution in [0.15, 0.2) is 18.3 Å². The number of carbonyl (C=O) groups is 1. The van der Waals surface area contributed by atoms with E-state index in [9.17, 15) is 13.6 Å². The van der Waals surface area contributed by atoms with Gasteiger partial charge in [0.15, 0.2) is 0 Å². The molecule has 0 radical (unpaired) electrons. The van der Waals surface area contributed by atoms with Crippen molar-refractivity contribution in [2.24, 2.45) is 11.8 Å². The highest BCUT2D eigenvalue weighted by molar-refractivity contribution is 7.21. The average Bonchev–Trinajstić information content (AvgIpc) is 3.30. The number of thiophene rings is 1. The quantitative estimate of drug-likeness (QED) is 0.567. The molecule has 0 spiro atoms. The summed E-state index contributed by atoms with van der Waals surface area (Å²) in [5.41, 5.74) is 8.21. The molecule has 1 saturated carbocycles. The van der Waals surface area contributed by atoms with Crippen LogP contribution in [0, 0.1) is 30.4 Å². The predicted octanol–water partition coefficient (Wildman–Crippen LogP) is 4.63. The second-order valence-electron chi connectivity index (χ2n) is 9.40. The number of nitrogens with one attached hydrogen (secondary N) is 1. The zero-order valence-corrected chi connectivity index (χ0v) is 19.5. The molecule has 33 heavy (non-hydrogen) atoms. The Morgan fingerprint density at radius 1 is 1.27 bits per heavy atom. The van der Waals surface area contributed by atoms with Crippen LogP contribution in [0.1, 0.15) is 53.0 Å². The van der Waals surface area contributed by atoms with Crippen LogP contribution in [0.3, 0.4) is 0 Å². The molecule has 3 heterocycles. The SMILES string of the molecule is Cc1cnc2c(N)c(C(=O)NC[C@H](C)c3cc(F)c(N4CC5CCC(C5)C4)cc3F)sc2n1. The number of halogens is 2. The largest absolute Gasteiger partial charge is 0.396 e. The number of hydrogen-bond acceptors (Lipinski definition) is 6. The Morgan fingerprint density at radius 3 is 2.73 bits per heavy atom. The van der Waals surface area contributed by atoms with E-state index in [0.29, 0.717) is 32.7 Å². The number of nitrogens with zero attached hydrogens (tertiary/aromatic N) is 3. The van der Waals surface area contributed by atoms with Crippen LogP contribution in [-0.4, -0.2) is 35.5 Å². The molecule has 6 nitrogen and oxygen atoms in total. The smallest absolute Gasteiger partial charge is 0.263 e. The van der Waals surface area contributed by atoms with Gasteiger partial charge >= 0.3 is 0 Å². The van der Waals surface area contributed by atoms with Crippen molar-refractivity contribution >= 4 is 39.0 Å². The first-order valence-electron chi connectivity index (χ1n) is 11.3. The van der Waals surface area contributed by atoms with Gasteiger partial charge in [0.1, 0.15) is 26.9 Å². The predicted molar refractivity (Wildman–Crippen MR) is 127 cm³/mol. The molecule has 2 unspecified atom stereocenters. The van der Waals surface area contributed by atoms with Crippen LogP contribution in [0.25, 0.3) is 10.3 Å². The fourth-order valence-corrected chi connectivity index (χ4v) is 6.17. The molecule has 3 atom stereocenters. The summed E-state index contributed by atoms with van der Waals surface area (Å²) in [6.07, 6.45) is 5.16. The van der Waals surface area contributed by atoms with Gasteiger partial charge in [-0.05, 0) is 49.7 Å². The lowest BCUT2D eigenvalue weighted by Gasteiger charge is -2.34. The molecule has 2 bridgehead atoms. The fraction of sp³-hybridized carbons (Fsp3) is 0.458. The second-order valence-corrected chi connectivity index (χ2v) is 10.4. The summed E-state index contributed by atoms with van der Waals surface area (Å²) >= 11 is 1.17. The van der Waals surface area contributed by atoms with E-state index in [1.807, 2.05) is 11.8 Å². The molecule has 1 amide bonds. The first-order chi connectivity index (χ1) is 15.8. The molecule has 9 heteroatoms. The maximum absolute atomic E-state index is 15.0. The lowest BCUT2D eigenvalue weighted by atomic mass is 9.96. The van der Waals surface area contributed by atoms with Crippen molar-refractivity contribution in [2.75, 3.05) is 30.3 Å². The molecule has 2 fully saturated rings. The van der Waals surface area contributed by atoms with E-state index in [1.54, 1.807) is 13.1 Å². The Balaban J connectivity index is 1.29. The molecule has 1 saturated heterocycles. The highest BCUT2D eigenvalue weighted by Gasteiger charge is 2.34. The van der Waals surface area contributed by atoms with Crippen molar-refractivity contribution in [1.82, 2.24) is 15.3 Å². The number of aromatic nitrogens is 2. The highest BCUT2D eigenvalue weighted by atomic mass is 32.1. The number of piperidine rings is 1. The number of rotatable bonds is 5. The van der Waals surface area contributed by atoms with Gasteiger partial charge < -0.3 is 16.0 Å². The van der Waals surface area contributed by atoms with Gasteiger partial charge in [-0.15, -0.1) is 11.3 Å². The van der Waals surface area contributed by atoms with E-state index in [-0.39, 0.29) is 23.7 Å². The third kappa shape index (κ3) is 4.14. The van der Waals surface area contributed by atoms with Crippen LogP contribution < -0.4 is 16.0 Å². The normalized spacial score (nSPS) is 20.9. The van der Waals surface area contributed by atoms with Crippen LogP contribution >= 0.6 is 11.3 Å². The van der Waals surface area contributed by atoms with Gasteiger partial charge in [0.05, 0.1) is 17.1 Å². The first kappa shape index (κ1) is 22.0. The summed E-state index contributed by atoms with van der Waals surface area (Å²) in [7, 11) is 0. The zero-order chi connectivity index (χ0) is 23.3. The Morgan fingerprint density at radius 2 is 2.00 bits per heavy atom. The molecule has 1 aliphatic heterocycles. The number of fused-ring (bicyclic) bond motifs is 3. The van der Waals surface area contributed by atoms with Gasteiger partial charge in [-0.2, -0.15) is 0 Å². The Hall–Kier alpha value is -2.81. The third-order valence-corrected chi connectivity index (χ3v) is 7.97. The van der Waals surface area contributed by atoms with Crippen LogP contribution in [-0.2, 0) is 0 Å². The summed E-state index contributed by atoms with van der Waals surface area (Å²) in [5, 5.41) is 2.79. The molecular formula is C24H27F2N5OS. The van der Waals surface area contributed by atoms with Crippen molar-refractivity contribution < 1.29 is 13.6 Å². The fourth-order valence-electron chi connectivity index (χ4n) is 5.15. The van der Waals surface area contributed by atoms with Gasteiger partial charge in [0.2, 0.25) is 0 Å². The average molecular weight is 472 g/mol. The van der Waals surface area contributed by atoms with Crippen molar-refractivity contribution in [3.05, 3.63) is 46.1 Å². The summed E-state index contributed by atoms with van der Waals surface area (Å²) in [4.78, 5) is 24.3. The number of carbonyl (C=O) groups excluding carboxylic acids is 1. The van der Waals surface area contributed by atoms with Crippen molar-refractivity contribution in [2.45, 2.75) is 39.0 Å². The molecular weight excluding hydrogens is 444 g/mol. The van der Waals surface area contributed by atoms with Gasteiger partial charge in [0.25, 0.3) is 5.91 Å². The second kappa shape index (κ2) is 8.52. The van der Waals surface area contributed by atoms with E-state index < -0.39 is 17.6 Å². The van der Waals surface area contributed by atoms with Crippen LogP contribution in [0.5, 0.6) is 0 Å². The van der Waals surface area contributed by atoms with Gasteiger partial charge in [-0.25, -0.2) is 18.7 Å². The zero-order valence-electron chi connectivity index (χ0n) is 18.7. The number of nitrogen functional groups attached to an aromatic ring is 1. The summed E-state index contributed by atoms with van der Waals surface area (Å²) in [6.45, 7) is 5.31. The third-order valence-electron chi connectivity index (χ3n) is 6.88. The van der Waals surface area contributed by atoms with E-state index in [2.05, 4.69) is 15.3 Å². The lowest BCUT2D eigenvalue weighted by molar-refractivity contribution is 0.0956. The Labute approximate surface area is 195 Å². The van der Waals surface area contributed by atoms with Gasteiger partial charge in [-0.3, -0.25) is 4.79 Å². The molecule has 5 rings (SSSR count). The number of anilines is 2. The maximum Gasteiger partial charge on any atom is 0.263 e. The number of nitrogens with two attached hydrogens (primary N) is 1. The minimum absolute atomic E-state index is 0.149. The highest BCUT2D eigenvalue weighted by Crippen LogP contribution is 2.39. The first-order valence-corrected chi connectivity index (χ1v) is 12.2.